The second-order valence-corrected chi connectivity index (χ2v) is 4.68. The van der Waals surface area contributed by atoms with Gasteiger partial charge in [-0.25, -0.2) is 0 Å². The molecule has 0 aromatic heterocycles. The molecule has 1 aliphatic rings. The Morgan fingerprint density at radius 3 is 2.35 bits per heavy atom. The lowest BCUT2D eigenvalue weighted by Crippen LogP contribution is -2.00. The van der Waals surface area contributed by atoms with Crippen LogP contribution >= 0.6 is 0 Å². The molecule has 0 aliphatic heterocycles. The van der Waals surface area contributed by atoms with Crippen LogP contribution in [0, 0.1) is 0 Å². The molecule has 17 heavy (non-hydrogen) atoms. The zero-order valence-electron chi connectivity index (χ0n) is 9.82. The minimum atomic E-state index is 0.414. The Kier molecular flexibility index (Phi) is 2.60. The van der Waals surface area contributed by atoms with Gasteiger partial charge in [0.05, 0.1) is 0 Å². The highest BCUT2D eigenvalue weighted by atomic mass is 16.3. The Morgan fingerprint density at radius 2 is 1.47 bits per heavy atom. The van der Waals surface area contributed by atoms with Crippen molar-refractivity contribution in [2.45, 2.75) is 25.7 Å². The maximum absolute atomic E-state index is 10.1. The molecule has 0 saturated carbocycles. The monoisotopic (exact) mass is 224 g/mol. The molecule has 0 unspecified atom stereocenters. The summed E-state index contributed by atoms with van der Waals surface area (Å²) in [4.78, 5) is 0. The number of aromatic hydroxyl groups is 1. The molecule has 0 spiro atoms. The van der Waals surface area contributed by atoms with Gasteiger partial charge in [0.1, 0.15) is 5.75 Å². The fourth-order valence-corrected chi connectivity index (χ4v) is 2.72. The summed E-state index contributed by atoms with van der Waals surface area (Å²) >= 11 is 0. The molecule has 2 aromatic carbocycles. The molecule has 1 aliphatic carbocycles. The molecule has 0 bridgehead atoms. The van der Waals surface area contributed by atoms with Gasteiger partial charge in [-0.2, -0.15) is 0 Å². The van der Waals surface area contributed by atoms with Crippen molar-refractivity contribution < 1.29 is 5.11 Å². The van der Waals surface area contributed by atoms with Gasteiger partial charge in [-0.3, -0.25) is 0 Å². The van der Waals surface area contributed by atoms with Gasteiger partial charge < -0.3 is 5.11 Å². The van der Waals surface area contributed by atoms with Crippen molar-refractivity contribution in [3.8, 4) is 16.9 Å². The maximum Gasteiger partial charge on any atom is 0.123 e. The summed E-state index contributed by atoms with van der Waals surface area (Å²) in [7, 11) is 0. The van der Waals surface area contributed by atoms with E-state index in [9.17, 15) is 5.11 Å². The second-order valence-electron chi connectivity index (χ2n) is 4.68. The summed E-state index contributed by atoms with van der Waals surface area (Å²) in [5.74, 6) is 0.414. The smallest absolute Gasteiger partial charge is 0.123 e. The second kappa shape index (κ2) is 4.25. The van der Waals surface area contributed by atoms with E-state index in [2.05, 4.69) is 30.3 Å². The number of phenols is 1. The van der Waals surface area contributed by atoms with Gasteiger partial charge in [0.2, 0.25) is 0 Å². The highest BCUT2D eigenvalue weighted by Gasteiger charge is 2.15. The number of fused-ring (bicyclic) bond motifs is 3. The Labute approximate surface area is 102 Å². The molecule has 3 rings (SSSR count). The number of benzene rings is 2. The molecule has 0 saturated heterocycles. The average Bonchev–Trinajstić information content (AvgIpc) is 2.32. The molecule has 0 atom stereocenters. The van der Waals surface area contributed by atoms with Gasteiger partial charge in [-0.05, 0) is 48.4 Å². The number of phenolic OH excluding ortho intramolecular Hbond substituents is 1. The SMILES string of the molecule is Oc1cccc2c1-c1ccccc1CCCC2. The highest BCUT2D eigenvalue weighted by molar-refractivity contribution is 5.76. The molecule has 0 heterocycles. The molecule has 0 radical (unpaired) electrons. The summed E-state index contributed by atoms with van der Waals surface area (Å²) in [6, 6.07) is 14.3. The van der Waals surface area contributed by atoms with Gasteiger partial charge in [-0.1, -0.05) is 36.4 Å². The number of rotatable bonds is 0. The summed E-state index contributed by atoms with van der Waals surface area (Å²) in [5.41, 5.74) is 4.88. The third-order valence-corrected chi connectivity index (χ3v) is 3.56. The van der Waals surface area contributed by atoms with Crippen molar-refractivity contribution in [3.05, 3.63) is 53.6 Å². The van der Waals surface area contributed by atoms with E-state index in [1.165, 1.54) is 29.5 Å². The predicted molar refractivity (Wildman–Crippen MR) is 70.2 cm³/mol. The van der Waals surface area contributed by atoms with E-state index in [4.69, 9.17) is 0 Å². The standard InChI is InChI=1S/C16H16O/c17-15-11-5-9-13-8-2-1-6-12-7-3-4-10-14(12)16(13)15/h3-5,7,9-11,17H,1-2,6,8H2. The summed E-state index contributed by atoms with van der Waals surface area (Å²) in [5, 5.41) is 10.1. The van der Waals surface area contributed by atoms with Crippen LogP contribution in [0.4, 0.5) is 0 Å². The first-order valence-electron chi connectivity index (χ1n) is 6.25. The van der Waals surface area contributed by atoms with Crippen LogP contribution in [0.3, 0.4) is 0 Å². The zero-order valence-corrected chi connectivity index (χ0v) is 9.82. The molecule has 2 aromatic rings. The molecule has 0 amide bonds. The molecular weight excluding hydrogens is 208 g/mol. The minimum absolute atomic E-state index is 0.414. The average molecular weight is 224 g/mol. The molecule has 86 valence electrons. The summed E-state index contributed by atoms with van der Waals surface area (Å²) in [6.07, 6.45) is 4.61. The van der Waals surface area contributed by atoms with Gasteiger partial charge in [-0.15, -0.1) is 0 Å². The fourth-order valence-electron chi connectivity index (χ4n) is 2.72. The van der Waals surface area contributed by atoms with Gasteiger partial charge in [0, 0.05) is 5.56 Å². The normalized spacial score (nSPS) is 14.4. The topological polar surface area (TPSA) is 20.2 Å². The number of aryl methyl sites for hydroxylation is 2. The summed E-state index contributed by atoms with van der Waals surface area (Å²) < 4.78 is 0. The molecule has 1 N–H and O–H groups in total. The van der Waals surface area contributed by atoms with E-state index in [-0.39, 0.29) is 0 Å². The van der Waals surface area contributed by atoms with Crippen LogP contribution in [0.5, 0.6) is 5.75 Å². The summed E-state index contributed by atoms with van der Waals surface area (Å²) in [6.45, 7) is 0. The van der Waals surface area contributed by atoms with Crippen molar-refractivity contribution in [3.63, 3.8) is 0 Å². The third-order valence-electron chi connectivity index (χ3n) is 3.56. The first-order chi connectivity index (χ1) is 8.36. The Hall–Kier alpha value is -1.76. The van der Waals surface area contributed by atoms with E-state index in [0.29, 0.717) is 5.75 Å². The van der Waals surface area contributed by atoms with E-state index in [1.807, 2.05) is 6.07 Å². The number of hydrogen-bond donors (Lipinski definition) is 1. The van der Waals surface area contributed by atoms with Crippen LogP contribution in [-0.4, -0.2) is 5.11 Å². The Bertz CT molecular complexity index is 543. The van der Waals surface area contributed by atoms with Crippen LogP contribution in [0.2, 0.25) is 0 Å². The zero-order chi connectivity index (χ0) is 11.7. The fraction of sp³-hybridized carbons (Fsp3) is 0.250. The molecule has 1 nitrogen and oxygen atoms in total. The van der Waals surface area contributed by atoms with E-state index >= 15 is 0 Å². The Morgan fingerprint density at radius 1 is 0.765 bits per heavy atom. The van der Waals surface area contributed by atoms with Crippen LogP contribution < -0.4 is 0 Å². The third kappa shape index (κ3) is 1.82. The lowest BCUT2D eigenvalue weighted by Gasteiger charge is -2.18. The van der Waals surface area contributed by atoms with Crippen molar-refractivity contribution in [2.75, 3.05) is 0 Å². The lowest BCUT2D eigenvalue weighted by atomic mass is 9.87. The Balaban J connectivity index is 2.28. The number of hydrogen-bond acceptors (Lipinski definition) is 1. The van der Waals surface area contributed by atoms with Gasteiger partial charge in [0.15, 0.2) is 0 Å². The van der Waals surface area contributed by atoms with Crippen LogP contribution in [0.15, 0.2) is 42.5 Å². The first kappa shape index (κ1) is 10.4. The van der Waals surface area contributed by atoms with Crippen LogP contribution in [0.25, 0.3) is 11.1 Å². The molecule has 1 heteroatoms. The van der Waals surface area contributed by atoms with Gasteiger partial charge >= 0.3 is 0 Å². The minimum Gasteiger partial charge on any atom is -0.507 e. The van der Waals surface area contributed by atoms with Crippen molar-refractivity contribution in [1.29, 1.82) is 0 Å². The van der Waals surface area contributed by atoms with Crippen LogP contribution in [-0.2, 0) is 12.8 Å². The molecular formula is C16H16O. The maximum atomic E-state index is 10.1. The van der Waals surface area contributed by atoms with Gasteiger partial charge in [0.25, 0.3) is 0 Å². The first-order valence-corrected chi connectivity index (χ1v) is 6.25. The van der Waals surface area contributed by atoms with Crippen LogP contribution in [0.1, 0.15) is 24.0 Å². The van der Waals surface area contributed by atoms with E-state index in [0.717, 1.165) is 18.4 Å². The van der Waals surface area contributed by atoms with Crippen molar-refractivity contribution in [2.24, 2.45) is 0 Å². The van der Waals surface area contributed by atoms with E-state index in [1.54, 1.807) is 6.07 Å². The largest absolute Gasteiger partial charge is 0.507 e. The highest BCUT2D eigenvalue weighted by Crippen LogP contribution is 2.37. The quantitative estimate of drug-likeness (QED) is 0.718. The lowest BCUT2D eigenvalue weighted by molar-refractivity contribution is 0.476. The van der Waals surface area contributed by atoms with E-state index < -0.39 is 0 Å². The predicted octanol–water partition coefficient (Wildman–Crippen LogP) is 3.94. The van der Waals surface area contributed by atoms with Crippen molar-refractivity contribution in [1.82, 2.24) is 0 Å². The molecule has 0 fully saturated rings. The van der Waals surface area contributed by atoms with Crippen molar-refractivity contribution >= 4 is 0 Å².